The molecule has 0 aromatic carbocycles. The third kappa shape index (κ3) is 2.94. The lowest BCUT2D eigenvalue weighted by Gasteiger charge is -2.12. The normalized spacial score (nSPS) is 11.1. The van der Waals surface area contributed by atoms with Crippen LogP contribution in [0.1, 0.15) is 23.3 Å². The van der Waals surface area contributed by atoms with Crippen LogP contribution in [-0.4, -0.2) is 25.6 Å². The van der Waals surface area contributed by atoms with Crippen molar-refractivity contribution in [2.45, 2.75) is 33.2 Å². The fraction of sp³-hybridized carbons (Fsp3) is 0.294. The first-order valence-corrected chi connectivity index (χ1v) is 8.43. The molecule has 24 heavy (non-hydrogen) atoms. The molecule has 6 nitrogen and oxygen atoms in total. The number of aromatic nitrogens is 3. The Labute approximate surface area is 142 Å². The second-order valence-electron chi connectivity index (χ2n) is 5.59. The van der Waals surface area contributed by atoms with Gasteiger partial charge in [-0.15, -0.1) is 11.3 Å². The van der Waals surface area contributed by atoms with E-state index in [1.807, 2.05) is 19.9 Å². The van der Waals surface area contributed by atoms with Gasteiger partial charge >= 0.3 is 5.97 Å². The summed E-state index contributed by atoms with van der Waals surface area (Å²) in [5, 5.41) is 9.48. The van der Waals surface area contributed by atoms with Gasteiger partial charge < -0.3 is 5.11 Å². The molecular weight excluding hydrogens is 326 g/mol. The van der Waals surface area contributed by atoms with E-state index in [1.54, 1.807) is 23.0 Å². The summed E-state index contributed by atoms with van der Waals surface area (Å²) in [5.41, 5.74) is 1.57. The van der Waals surface area contributed by atoms with E-state index in [4.69, 9.17) is 5.11 Å². The van der Waals surface area contributed by atoms with Gasteiger partial charge in [-0.2, -0.15) is 0 Å². The lowest BCUT2D eigenvalue weighted by atomic mass is 10.2. The number of aliphatic carboxylic acids is 1. The Morgan fingerprint density at radius 3 is 2.83 bits per heavy atom. The highest BCUT2D eigenvalue weighted by atomic mass is 32.1. The third-order valence-corrected chi connectivity index (χ3v) is 5.08. The Morgan fingerprint density at radius 1 is 1.38 bits per heavy atom. The second kappa shape index (κ2) is 6.52. The highest BCUT2D eigenvalue weighted by Gasteiger charge is 2.17. The molecule has 7 heteroatoms. The first-order chi connectivity index (χ1) is 11.5. The van der Waals surface area contributed by atoms with Gasteiger partial charge in [0.05, 0.1) is 5.39 Å². The van der Waals surface area contributed by atoms with Gasteiger partial charge in [-0.05, 0) is 38.0 Å². The highest BCUT2D eigenvalue weighted by Crippen LogP contribution is 2.28. The van der Waals surface area contributed by atoms with Crippen LogP contribution in [0.25, 0.3) is 21.6 Å². The molecule has 0 saturated carbocycles. The molecule has 0 bridgehead atoms. The van der Waals surface area contributed by atoms with Gasteiger partial charge in [0.15, 0.2) is 0 Å². The van der Waals surface area contributed by atoms with Crippen LogP contribution in [0.4, 0.5) is 0 Å². The van der Waals surface area contributed by atoms with E-state index in [0.717, 1.165) is 16.0 Å². The number of pyridine rings is 1. The average molecular weight is 343 g/mol. The summed E-state index contributed by atoms with van der Waals surface area (Å²) in [6, 6.07) is 3.64. The van der Waals surface area contributed by atoms with Gasteiger partial charge in [0.2, 0.25) is 0 Å². The topological polar surface area (TPSA) is 85.1 Å². The molecule has 3 heterocycles. The minimum absolute atomic E-state index is 0.0125. The van der Waals surface area contributed by atoms with Gasteiger partial charge in [0.25, 0.3) is 5.56 Å². The fourth-order valence-corrected chi connectivity index (χ4v) is 3.66. The van der Waals surface area contributed by atoms with E-state index in [0.29, 0.717) is 29.0 Å². The van der Waals surface area contributed by atoms with Crippen molar-refractivity contribution in [3.63, 3.8) is 0 Å². The van der Waals surface area contributed by atoms with E-state index >= 15 is 0 Å². The molecule has 0 aliphatic heterocycles. The van der Waals surface area contributed by atoms with Crippen LogP contribution < -0.4 is 5.56 Å². The van der Waals surface area contributed by atoms with Crippen molar-refractivity contribution < 1.29 is 9.90 Å². The van der Waals surface area contributed by atoms with Crippen LogP contribution in [0.15, 0.2) is 29.3 Å². The molecule has 3 aromatic heterocycles. The number of fused-ring (bicyclic) bond motifs is 1. The van der Waals surface area contributed by atoms with Crippen molar-refractivity contribution in [3.05, 3.63) is 45.3 Å². The Bertz CT molecular complexity index is 961. The number of thiophene rings is 1. The Morgan fingerprint density at radius 2 is 2.17 bits per heavy atom. The maximum atomic E-state index is 13.0. The predicted octanol–water partition coefficient (Wildman–Crippen LogP) is 3.00. The number of hydrogen-bond donors (Lipinski definition) is 1. The Balaban J connectivity index is 2.20. The molecular formula is C17H17N3O3S. The molecule has 0 amide bonds. The molecule has 0 fully saturated rings. The van der Waals surface area contributed by atoms with Crippen LogP contribution >= 0.6 is 11.3 Å². The first-order valence-electron chi connectivity index (χ1n) is 7.61. The number of carboxylic acids is 1. The van der Waals surface area contributed by atoms with E-state index < -0.39 is 5.97 Å². The van der Waals surface area contributed by atoms with Crippen molar-refractivity contribution >= 4 is 27.5 Å². The van der Waals surface area contributed by atoms with Crippen LogP contribution in [0.2, 0.25) is 0 Å². The average Bonchev–Trinajstić information content (AvgIpc) is 2.84. The van der Waals surface area contributed by atoms with Gasteiger partial charge in [-0.1, -0.05) is 0 Å². The molecule has 124 valence electrons. The number of aryl methyl sites for hydroxylation is 2. The van der Waals surface area contributed by atoms with Gasteiger partial charge in [0, 0.05) is 35.8 Å². The number of carbonyl (C=O) groups is 1. The number of carboxylic acid groups (broad SMARTS) is 1. The number of nitrogens with zero attached hydrogens (tertiary/aromatic N) is 3. The highest BCUT2D eigenvalue weighted by molar-refractivity contribution is 7.18. The van der Waals surface area contributed by atoms with Crippen molar-refractivity contribution in [2.24, 2.45) is 0 Å². The predicted molar refractivity (Wildman–Crippen MR) is 93.5 cm³/mol. The van der Waals surface area contributed by atoms with Crippen LogP contribution in [0.5, 0.6) is 0 Å². The summed E-state index contributed by atoms with van der Waals surface area (Å²) in [6.07, 6.45) is 3.71. The van der Waals surface area contributed by atoms with E-state index in [1.165, 1.54) is 11.3 Å². The molecule has 0 saturated heterocycles. The maximum Gasteiger partial charge on any atom is 0.303 e. The van der Waals surface area contributed by atoms with Gasteiger partial charge in [0.1, 0.15) is 10.7 Å². The summed E-state index contributed by atoms with van der Waals surface area (Å²) < 4.78 is 1.57. The van der Waals surface area contributed by atoms with Crippen molar-refractivity contribution in [3.8, 4) is 11.4 Å². The lowest BCUT2D eigenvalue weighted by Crippen LogP contribution is -2.24. The Hall–Kier alpha value is -2.54. The monoisotopic (exact) mass is 343 g/mol. The third-order valence-electron chi connectivity index (χ3n) is 3.98. The van der Waals surface area contributed by atoms with Crippen molar-refractivity contribution in [2.75, 3.05) is 0 Å². The SMILES string of the molecule is Cc1sc2nc(-c3cccnc3)n(CCCC(=O)O)c(=O)c2c1C. The standard InChI is InChI=1S/C17H17N3O3S/c1-10-11(2)24-16-14(10)17(23)20(8-4-6-13(21)22)15(19-16)12-5-3-7-18-9-12/h3,5,7,9H,4,6,8H2,1-2H3,(H,21,22). The minimum Gasteiger partial charge on any atom is -0.481 e. The molecule has 0 aliphatic carbocycles. The lowest BCUT2D eigenvalue weighted by molar-refractivity contribution is -0.137. The van der Waals surface area contributed by atoms with Crippen LogP contribution in [0, 0.1) is 13.8 Å². The minimum atomic E-state index is -0.873. The molecule has 1 N–H and O–H groups in total. The van der Waals surface area contributed by atoms with E-state index in [9.17, 15) is 9.59 Å². The summed E-state index contributed by atoms with van der Waals surface area (Å²) in [6.45, 7) is 4.20. The Kier molecular flexibility index (Phi) is 4.44. The molecule has 0 atom stereocenters. The molecule has 0 unspecified atom stereocenters. The number of hydrogen-bond acceptors (Lipinski definition) is 5. The summed E-state index contributed by atoms with van der Waals surface area (Å²) in [5.74, 6) is -0.338. The van der Waals surface area contributed by atoms with Crippen molar-refractivity contribution in [1.29, 1.82) is 0 Å². The molecule has 0 spiro atoms. The van der Waals surface area contributed by atoms with Crippen LogP contribution in [-0.2, 0) is 11.3 Å². The maximum absolute atomic E-state index is 13.0. The summed E-state index contributed by atoms with van der Waals surface area (Å²) >= 11 is 1.50. The number of rotatable bonds is 5. The largest absolute Gasteiger partial charge is 0.481 e. The quantitative estimate of drug-likeness (QED) is 0.770. The second-order valence-corrected chi connectivity index (χ2v) is 6.80. The van der Waals surface area contributed by atoms with Crippen LogP contribution in [0.3, 0.4) is 0 Å². The van der Waals surface area contributed by atoms with Gasteiger partial charge in [-0.3, -0.25) is 19.1 Å². The summed E-state index contributed by atoms with van der Waals surface area (Å²) in [4.78, 5) is 34.3. The molecule has 0 radical (unpaired) electrons. The zero-order valence-corrected chi connectivity index (χ0v) is 14.3. The molecule has 3 rings (SSSR count). The summed E-state index contributed by atoms with van der Waals surface area (Å²) in [7, 11) is 0. The fourth-order valence-electron chi connectivity index (χ4n) is 2.64. The zero-order chi connectivity index (χ0) is 17.3. The smallest absolute Gasteiger partial charge is 0.303 e. The first kappa shape index (κ1) is 16.3. The van der Waals surface area contributed by atoms with E-state index in [-0.39, 0.29) is 12.0 Å². The molecule has 0 aliphatic rings. The molecule has 3 aromatic rings. The van der Waals surface area contributed by atoms with Gasteiger partial charge in [-0.25, -0.2) is 4.98 Å². The van der Waals surface area contributed by atoms with Crippen molar-refractivity contribution in [1.82, 2.24) is 14.5 Å². The van der Waals surface area contributed by atoms with E-state index in [2.05, 4.69) is 9.97 Å². The zero-order valence-electron chi connectivity index (χ0n) is 13.4.